The molecule has 3 aromatic heterocycles. The fraction of sp³-hybridized carbons (Fsp3) is 0.231. The Bertz CT molecular complexity index is 756. The molecule has 0 amide bonds. The topological polar surface area (TPSA) is 61.1 Å². The van der Waals surface area contributed by atoms with Gasteiger partial charge < -0.3 is 5.73 Å². The Morgan fingerprint density at radius 3 is 2.84 bits per heavy atom. The van der Waals surface area contributed by atoms with Crippen LogP contribution in [0.4, 0.5) is 5.82 Å². The second-order valence-electron chi connectivity index (χ2n) is 4.39. The number of aromatic nitrogens is 4. The molecule has 0 fully saturated rings. The van der Waals surface area contributed by atoms with Crippen molar-refractivity contribution in [2.45, 2.75) is 20.4 Å². The summed E-state index contributed by atoms with van der Waals surface area (Å²) in [6, 6.07) is 3.93. The third kappa shape index (κ3) is 1.83. The second-order valence-corrected chi connectivity index (χ2v) is 5.24. The van der Waals surface area contributed by atoms with Crippen LogP contribution in [0.2, 0.25) is 0 Å². The van der Waals surface area contributed by atoms with Gasteiger partial charge in [0.1, 0.15) is 17.2 Å². The molecule has 0 bridgehead atoms. The number of fused-ring (bicyclic) bond motifs is 1. The molecule has 2 N–H and O–H groups in total. The van der Waals surface area contributed by atoms with Crippen molar-refractivity contribution in [3.8, 4) is 11.3 Å². The molecule has 19 heavy (non-hydrogen) atoms. The molecule has 0 saturated heterocycles. The molecule has 6 heteroatoms. The smallest absolute Gasteiger partial charge is 0.139 e. The van der Waals surface area contributed by atoms with E-state index in [2.05, 4.69) is 26.0 Å². The van der Waals surface area contributed by atoms with E-state index in [1.165, 1.54) is 0 Å². The molecular formula is C13H14BrN5. The van der Waals surface area contributed by atoms with Gasteiger partial charge in [-0.2, -0.15) is 5.10 Å². The van der Waals surface area contributed by atoms with Gasteiger partial charge in [-0.1, -0.05) is 0 Å². The molecule has 0 spiro atoms. The Morgan fingerprint density at radius 2 is 2.16 bits per heavy atom. The number of imidazole rings is 1. The highest BCUT2D eigenvalue weighted by molar-refractivity contribution is 9.10. The standard InChI is InChI=1S/C13H14BrN5/c1-3-18-7-9(6-16-18)12-13(15)19-8(2)10(14)4-5-11(19)17-12/h4-7H,3,15H2,1-2H3. The highest BCUT2D eigenvalue weighted by atomic mass is 79.9. The third-order valence-corrected chi connectivity index (χ3v) is 4.07. The monoisotopic (exact) mass is 319 g/mol. The molecule has 98 valence electrons. The van der Waals surface area contributed by atoms with Crippen LogP contribution in [-0.2, 0) is 6.54 Å². The van der Waals surface area contributed by atoms with Crippen LogP contribution in [0.5, 0.6) is 0 Å². The SMILES string of the molecule is CCn1cc(-c2nc3ccc(Br)c(C)n3c2N)cn1. The minimum absolute atomic E-state index is 0.643. The summed E-state index contributed by atoms with van der Waals surface area (Å²) in [6.07, 6.45) is 3.76. The van der Waals surface area contributed by atoms with Gasteiger partial charge in [-0.15, -0.1) is 0 Å². The molecule has 0 unspecified atom stereocenters. The van der Waals surface area contributed by atoms with Crippen molar-refractivity contribution in [3.05, 3.63) is 34.7 Å². The number of nitrogen functional groups attached to an aromatic ring is 1. The van der Waals surface area contributed by atoms with E-state index in [9.17, 15) is 0 Å². The van der Waals surface area contributed by atoms with E-state index in [1.807, 2.05) is 41.3 Å². The molecule has 0 aliphatic heterocycles. The molecule has 0 aliphatic carbocycles. The largest absolute Gasteiger partial charge is 0.383 e. The number of aryl methyl sites for hydroxylation is 2. The summed E-state index contributed by atoms with van der Waals surface area (Å²) < 4.78 is 4.82. The predicted octanol–water partition coefficient (Wildman–Crippen LogP) is 2.87. The minimum Gasteiger partial charge on any atom is -0.383 e. The Hall–Kier alpha value is -1.82. The molecule has 0 aromatic carbocycles. The molecule has 0 radical (unpaired) electrons. The molecule has 3 aromatic rings. The molecule has 0 saturated carbocycles. The first-order valence-corrected chi connectivity index (χ1v) is 6.87. The van der Waals surface area contributed by atoms with Gasteiger partial charge in [0.05, 0.1) is 6.20 Å². The maximum Gasteiger partial charge on any atom is 0.139 e. The Kier molecular flexibility index (Phi) is 2.82. The number of halogens is 1. The number of hydrogen-bond acceptors (Lipinski definition) is 3. The molecule has 5 nitrogen and oxygen atoms in total. The second kappa shape index (κ2) is 4.38. The summed E-state index contributed by atoms with van der Waals surface area (Å²) in [5.41, 5.74) is 9.84. The molecule has 0 aliphatic rings. The van der Waals surface area contributed by atoms with Gasteiger partial charge in [0.2, 0.25) is 0 Å². The first-order valence-electron chi connectivity index (χ1n) is 6.07. The van der Waals surface area contributed by atoms with Crippen LogP contribution in [0.1, 0.15) is 12.6 Å². The average Bonchev–Trinajstić information content (AvgIpc) is 2.99. The highest BCUT2D eigenvalue weighted by Crippen LogP contribution is 2.29. The van der Waals surface area contributed by atoms with Gasteiger partial charge in [0, 0.05) is 28.5 Å². The van der Waals surface area contributed by atoms with Crippen molar-refractivity contribution in [1.82, 2.24) is 19.2 Å². The Labute approximate surface area is 119 Å². The van der Waals surface area contributed by atoms with E-state index < -0.39 is 0 Å². The number of rotatable bonds is 2. The minimum atomic E-state index is 0.643. The van der Waals surface area contributed by atoms with Crippen molar-refractivity contribution in [2.75, 3.05) is 5.73 Å². The zero-order valence-corrected chi connectivity index (χ0v) is 12.3. The first kappa shape index (κ1) is 12.2. The van der Waals surface area contributed by atoms with Crippen LogP contribution in [0.15, 0.2) is 29.0 Å². The summed E-state index contributed by atoms with van der Waals surface area (Å²) in [4.78, 5) is 4.60. The number of pyridine rings is 1. The van der Waals surface area contributed by atoms with Crippen LogP contribution >= 0.6 is 15.9 Å². The Morgan fingerprint density at radius 1 is 1.37 bits per heavy atom. The van der Waals surface area contributed by atoms with E-state index in [1.54, 1.807) is 6.20 Å². The van der Waals surface area contributed by atoms with Crippen LogP contribution in [0.25, 0.3) is 16.9 Å². The lowest BCUT2D eigenvalue weighted by Gasteiger charge is -2.03. The summed E-state index contributed by atoms with van der Waals surface area (Å²) in [6.45, 7) is 4.89. The van der Waals surface area contributed by atoms with E-state index in [0.717, 1.165) is 33.6 Å². The summed E-state index contributed by atoms with van der Waals surface area (Å²) in [5, 5.41) is 4.26. The average molecular weight is 320 g/mol. The number of anilines is 1. The summed E-state index contributed by atoms with van der Waals surface area (Å²) in [5.74, 6) is 0.643. The van der Waals surface area contributed by atoms with E-state index in [0.29, 0.717) is 5.82 Å². The van der Waals surface area contributed by atoms with E-state index in [4.69, 9.17) is 5.73 Å². The molecule has 3 heterocycles. The van der Waals surface area contributed by atoms with Gasteiger partial charge >= 0.3 is 0 Å². The van der Waals surface area contributed by atoms with Crippen LogP contribution < -0.4 is 5.73 Å². The lowest BCUT2D eigenvalue weighted by atomic mass is 10.2. The maximum atomic E-state index is 6.23. The van der Waals surface area contributed by atoms with Crippen LogP contribution in [0, 0.1) is 6.92 Å². The van der Waals surface area contributed by atoms with E-state index >= 15 is 0 Å². The number of hydrogen-bond donors (Lipinski definition) is 1. The van der Waals surface area contributed by atoms with Crippen molar-refractivity contribution < 1.29 is 0 Å². The summed E-state index contributed by atoms with van der Waals surface area (Å²) in [7, 11) is 0. The van der Waals surface area contributed by atoms with Gasteiger partial charge in [0.25, 0.3) is 0 Å². The number of nitrogens with zero attached hydrogens (tertiary/aromatic N) is 4. The number of nitrogens with two attached hydrogens (primary N) is 1. The lowest BCUT2D eigenvalue weighted by molar-refractivity contribution is 0.660. The Balaban J connectivity index is 2.25. The summed E-state index contributed by atoms with van der Waals surface area (Å²) >= 11 is 3.51. The van der Waals surface area contributed by atoms with Crippen molar-refractivity contribution >= 4 is 27.4 Å². The van der Waals surface area contributed by atoms with Gasteiger partial charge in [-0.25, -0.2) is 4.98 Å². The molecule has 3 rings (SSSR count). The zero-order valence-electron chi connectivity index (χ0n) is 10.8. The lowest BCUT2D eigenvalue weighted by Crippen LogP contribution is -1.98. The highest BCUT2D eigenvalue weighted by Gasteiger charge is 2.15. The van der Waals surface area contributed by atoms with E-state index in [-0.39, 0.29) is 0 Å². The van der Waals surface area contributed by atoms with Gasteiger partial charge in [0.15, 0.2) is 0 Å². The quantitative estimate of drug-likeness (QED) is 0.790. The van der Waals surface area contributed by atoms with Crippen molar-refractivity contribution in [3.63, 3.8) is 0 Å². The molecular weight excluding hydrogens is 306 g/mol. The van der Waals surface area contributed by atoms with Gasteiger partial charge in [-0.05, 0) is 41.9 Å². The van der Waals surface area contributed by atoms with Crippen molar-refractivity contribution in [2.24, 2.45) is 0 Å². The van der Waals surface area contributed by atoms with Crippen molar-refractivity contribution in [1.29, 1.82) is 0 Å². The van der Waals surface area contributed by atoms with Gasteiger partial charge in [-0.3, -0.25) is 9.08 Å². The fourth-order valence-electron chi connectivity index (χ4n) is 2.16. The van der Waals surface area contributed by atoms with Crippen LogP contribution in [-0.4, -0.2) is 19.2 Å². The van der Waals surface area contributed by atoms with Crippen LogP contribution in [0.3, 0.4) is 0 Å². The fourth-order valence-corrected chi connectivity index (χ4v) is 2.47. The maximum absolute atomic E-state index is 6.23. The zero-order chi connectivity index (χ0) is 13.6. The third-order valence-electron chi connectivity index (χ3n) is 3.23. The predicted molar refractivity (Wildman–Crippen MR) is 78.9 cm³/mol. The molecule has 0 atom stereocenters. The first-order chi connectivity index (χ1) is 9.11. The normalized spacial score (nSPS) is 11.3.